The molecule has 8 aromatic rings. The van der Waals surface area contributed by atoms with E-state index in [1.54, 1.807) is 0 Å². The van der Waals surface area contributed by atoms with E-state index in [-0.39, 0.29) is 0 Å². The summed E-state index contributed by atoms with van der Waals surface area (Å²) in [7, 11) is 0. The van der Waals surface area contributed by atoms with Gasteiger partial charge in [-0.15, -0.1) is 11.3 Å². The lowest BCUT2D eigenvalue weighted by Crippen LogP contribution is -1.91. The zero-order valence-electron chi connectivity index (χ0n) is 21.0. The van der Waals surface area contributed by atoms with Gasteiger partial charge in [0.05, 0.1) is 0 Å². The lowest BCUT2D eigenvalue weighted by Gasteiger charge is -2.11. The van der Waals surface area contributed by atoms with E-state index in [1.807, 2.05) is 29.5 Å². The minimum Gasteiger partial charge on any atom is -0.455 e. The van der Waals surface area contributed by atoms with Crippen molar-refractivity contribution in [1.82, 2.24) is 0 Å². The molecule has 0 spiro atoms. The molecule has 0 radical (unpaired) electrons. The monoisotopic (exact) mass is 517 g/mol. The summed E-state index contributed by atoms with van der Waals surface area (Å²) in [4.78, 5) is 0. The Kier molecular flexibility index (Phi) is 5.04. The minimum atomic E-state index is 0.901. The van der Waals surface area contributed by atoms with Crippen LogP contribution < -0.4 is 5.32 Å². The summed E-state index contributed by atoms with van der Waals surface area (Å²) in [6.07, 6.45) is 0. The number of thiophene rings is 1. The first-order chi connectivity index (χ1) is 19.3. The highest BCUT2D eigenvalue weighted by Crippen LogP contribution is 2.40. The number of nitrogens with one attached hydrogen (secondary N) is 1. The number of hydrogen-bond acceptors (Lipinski definition) is 3. The summed E-state index contributed by atoms with van der Waals surface area (Å²) < 4.78 is 9.03. The Labute approximate surface area is 229 Å². The van der Waals surface area contributed by atoms with Gasteiger partial charge in [-0.1, -0.05) is 97.1 Å². The molecule has 2 nitrogen and oxygen atoms in total. The second-order valence-corrected chi connectivity index (χ2v) is 11.0. The molecule has 0 fully saturated rings. The Balaban J connectivity index is 1.25. The van der Waals surface area contributed by atoms with Crippen molar-refractivity contribution in [3.05, 3.63) is 133 Å². The second-order valence-electron chi connectivity index (χ2n) is 9.88. The van der Waals surface area contributed by atoms with Crippen LogP contribution >= 0.6 is 11.3 Å². The van der Waals surface area contributed by atoms with Crippen LogP contribution in [-0.2, 0) is 0 Å². The van der Waals surface area contributed by atoms with E-state index in [9.17, 15) is 0 Å². The number of fused-ring (bicyclic) bond motifs is 6. The normalized spacial score (nSPS) is 11.6. The molecule has 0 saturated carbocycles. The van der Waals surface area contributed by atoms with Crippen molar-refractivity contribution in [3.63, 3.8) is 0 Å². The summed E-state index contributed by atoms with van der Waals surface area (Å²) in [6, 6.07) is 47.2. The summed E-state index contributed by atoms with van der Waals surface area (Å²) >= 11 is 1.84. The van der Waals surface area contributed by atoms with Crippen molar-refractivity contribution in [2.45, 2.75) is 0 Å². The number of rotatable bonds is 4. The topological polar surface area (TPSA) is 25.2 Å². The molecule has 0 bridgehead atoms. The Morgan fingerprint density at radius 2 is 1.15 bits per heavy atom. The van der Waals surface area contributed by atoms with Crippen LogP contribution in [0, 0.1) is 0 Å². The van der Waals surface area contributed by atoms with Crippen molar-refractivity contribution < 1.29 is 4.42 Å². The predicted octanol–water partition coefficient (Wildman–Crippen LogP) is 11.0. The summed E-state index contributed by atoms with van der Waals surface area (Å²) in [5.74, 6) is 0. The fourth-order valence-electron chi connectivity index (χ4n) is 5.56. The first-order valence-corrected chi connectivity index (χ1v) is 13.9. The molecule has 0 atom stereocenters. The van der Waals surface area contributed by atoms with Crippen LogP contribution in [0.25, 0.3) is 64.4 Å². The van der Waals surface area contributed by atoms with Gasteiger partial charge in [0.25, 0.3) is 0 Å². The third-order valence-corrected chi connectivity index (χ3v) is 8.58. The maximum absolute atomic E-state index is 6.42. The van der Waals surface area contributed by atoms with Gasteiger partial charge in [-0.25, -0.2) is 0 Å². The molecule has 8 rings (SSSR count). The SMILES string of the molecule is c1ccc(-c2ccc(-c3cc(Nc4ccc5c(c4)sc4ccccc45)cc4c3oc3ccccc34)cc2)cc1. The molecule has 0 saturated heterocycles. The Bertz CT molecular complexity index is 2140. The lowest BCUT2D eigenvalue weighted by molar-refractivity contribution is 0.670. The molecule has 0 amide bonds. The van der Waals surface area contributed by atoms with Gasteiger partial charge in [0.15, 0.2) is 0 Å². The van der Waals surface area contributed by atoms with Gasteiger partial charge in [0, 0.05) is 47.9 Å². The number of para-hydroxylation sites is 1. The maximum Gasteiger partial charge on any atom is 0.143 e. The van der Waals surface area contributed by atoms with Crippen molar-refractivity contribution in [2.75, 3.05) is 5.32 Å². The molecular formula is C36H23NOS. The van der Waals surface area contributed by atoms with Crippen LogP contribution in [0.15, 0.2) is 138 Å². The van der Waals surface area contributed by atoms with Crippen LogP contribution in [0.5, 0.6) is 0 Å². The van der Waals surface area contributed by atoms with Crippen LogP contribution in [-0.4, -0.2) is 0 Å². The van der Waals surface area contributed by atoms with Crippen molar-refractivity contribution in [2.24, 2.45) is 0 Å². The average molecular weight is 518 g/mol. The highest BCUT2D eigenvalue weighted by molar-refractivity contribution is 7.25. The van der Waals surface area contributed by atoms with Crippen LogP contribution in [0.2, 0.25) is 0 Å². The van der Waals surface area contributed by atoms with Gasteiger partial charge in [0.1, 0.15) is 11.2 Å². The van der Waals surface area contributed by atoms with E-state index in [4.69, 9.17) is 4.42 Å². The molecule has 2 heterocycles. The van der Waals surface area contributed by atoms with E-state index >= 15 is 0 Å². The van der Waals surface area contributed by atoms with E-state index in [0.29, 0.717) is 0 Å². The first-order valence-electron chi connectivity index (χ1n) is 13.1. The zero-order valence-corrected chi connectivity index (χ0v) is 21.8. The fourth-order valence-corrected chi connectivity index (χ4v) is 6.70. The number of hydrogen-bond donors (Lipinski definition) is 1. The number of anilines is 2. The van der Waals surface area contributed by atoms with Crippen LogP contribution in [0.3, 0.4) is 0 Å². The molecule has 3 heteroatoms. The van der Waals surface area contributed by atoms with Gasteiger partial charge in [-0.3, -0.25) is 0 Å². The molecule has 0 aliphatic heterocycles. The molecular weight excluding hydrogens is 494 g/mol. The molecule has 184 valence electrons. The molecule has 0 aliphatic rings. The van der Waals surface area contributed by atoms with Crippen molar-refractivity contribution in [1.29, 1.82) is 0 Å². The number of benzene rings is 6. The fraction of sp³-hybridized carbons (Fsp3) is 0. The third kappa shape index (κ3) is 3.79. The van der Waals surface area contributed by atoms with Crippen molar-refractivity contribution in [3.8, 4) is 22.3 Å². The summed E-state index contributed by atoms with van der Waals surface area (Å²) in [6.45, 7) is 0. The molecule has 39 heavy (non-hydrogen) atoms. The first kappa shape index (κ1) is 22.2. The van der Waals surface area contributed by atoms with Gasteiger partial charge in [-0.05, 0) is 53.1 Å². The standard InChI is InChI=1S/C36H23NOS/c1-2-8-23(9-3-1)24-14-16-25(17-15-24)31-20-27(21-32-28-10-4-6-12-33(28)38-36(31)32)37-26-18-19-30-29-11-5-7-13-34(29)39-35(30)22-26/h1-22,37H. The molecule has 1 N–H and O–H groups in total. The highest BCUT2D eigenvalue weighted by atomic mass is 32.1. The second kappa shape index (κ2) is 8.87. The molecule has 0 aliphatic carbocycles. The van der Waals surface area contributed by atoms with Gasteiger partial charge < -0.3 is 9.73 Å². The zero-order chi connectivity index (χ0) is 25.8. The van der Waals surface area contributed by atoms with Gasteiger partial charge in [-0.2, -0.15) is 0 Å². The van der Waals surface area contributed by atoms with E-state index in [0.717, 1.165) is 44.4 Å². The quantitative estimate of drug-likeness (QED) is 0.251. The van der Waals surface area contributed by atoms with Crippen LogP contribution in [0.4, 0.5) is 11.4 Å². The summed E-state index contributed by atoms with van der Waals surface area (Å²) in [5.41, 5.74) is 8.54. The Morgan fingerprint density at radius 3 is 2.03 bits per heavy atom. The van der Waals surface area contributed by atoms with Crippen LogP contribution in [0.1, 0.15) is 0 Å². The van der Waals surface area contributed by atoms with E-state index in [2.05, 4.69) is 121 Å². The molecule has 2 aromatic heterocycles. The maximum atomic E-state index is 6.42. The van der Waals surface area contributed by atoms with E-state index < -0.39 is 0 Å². The van der Waals surface area contributed by atoms with E-state index in [1.165, 1.54) is 31.3 Å². The molecule has 6 aromatic carbocycles. The number of furan rings is 1. The van der Waals surface area contributed by atoms with Gasteiger partial charge in [0.2, 0.25) is 0 Å². The van der Waals surface area contributed by atoms with Crippen molar-refractivity contribution >= 4 is 64.8 Å². The predicted molar refractivity (Wildman–Crippen MR) is 167 cm³/mol. The summed E-state index contributed by atoms with van der Waals surface area (Å²) in [5, 5.41) is 8.55. The Morgan fingerprint density at radius 1 is 0.462 bits per heavy atom. The third-order valence-electron chi connectivity index (χ3n) is 7.45. The lowest BCUT2D eigenvalue weighted by atomic mass is 9.98. The average Bonchev–Trinajstić information content (AvgIpc) is 3.55. The smallest absolute Gasteiger partial charge is 0.143 e. The minimum absolute atomic E-state index is 0.901. The highest BCUT2D eigenvalue weighted by Gasteiger charge is 2.15. The largest absolute Gasteiger partial charge is 0.455 e. The van der Waals surface area contributed by atoms with Gasteiger partial charge >= 0.3 is 0 Å². The molecule has 0 unspecified atom stereocenters. The Hall–Kier alpha value is -4.86.